The second-order valence-electron chi connectivity index (χ2n) is 7.95. The average molecular weight is 469 g/mol. The standard InChI is InChI=1S/C26H32N2O4S/c1-4-5-6-7-8-9-15-32-21-14-13-19(16-22(21)31-3)17-23-25(30)28-26(33-23)27-24-18(2)11-10-12-20(24)29/h10-14,16-17,29H,4-9,15H2,1-3H3,(H,27,28,30)/b23-17-. The van der Waals surface area contributed by atoms with Crippen LogP contribution >= 0.6 is 11.8 Å². The lowest BCUT2D eigenvalue weighted by molar-refractivity contribution is -0.115. The molecule has 1 fully saturated rings. The molecule has 0 saturated carbocycles. The van der Waals surface area contributed by atoms with E-state index in [1.165, 1.54) is 43.9 Å². The Morgan fingerprint density at radius 2 is 1.88 bits per heavy atom. The molecule has 2 N–H and O–H groups in total. The fourth-order valence-electron chi connectivity index (χ4n) is 3.48. The first-order valence-corrected chi connectivity index (χ1v) is 12.2. The number of benzene rings is 2. The van der Waals surface area contributed by atoms with E-state index in [-0.39, 0.29) is 11.7 Å². The topological polar surface area (TPSA) is 80.2 Å². The quantitative estimate of drug-likeness (QED) is 0.297. The molecule has 176 valence electrons. The van der Waals surface area contributed by atoms with Gasteiger partial charge < -0.3 is 19.9 Å². The van der Waals surface area contributed by atoms with E-state index in [0.717, 1.165) is 17.5 Å². The van der Waals surface area contributed by atoms with Crippen LogP contribution < -0.4 is 14.8 Å². The number of carbonyl (C=O) groups excluding carboxylic acids is 1. The highest BCUT2D eigenvalue weighted by atomic mass is 32.2. The number of aromatic hydroxyl groups is 1. The lowest BCUT2D eigenvalue weighted by Crippen LogP contribution is -2.19. The highest BCUT2D eigenvalue weighted by Gasteiger charge is 2.24. The van der Waals surface area contributed by atoms with Gasteiger partial charge in [0.15, 0.2) is 16.7 Å². The van der Waals surface area contributed by atoms with E-state index < -0.39 is 0 Å². The van der Waals surface area contributed by atoms with Crippen molar-refractivity contribution < 1.29 is 19.4 Å². The van der Waals surface area contributed by atoms with Gasteiger partial charge in [-0.05, 0) is 60.5 Å². The van der Waals surface area contributed by atoms with Crippen molar-refractivity contribution in [3.63, 3.8) is 0 Å². The summed E-state index contributed by atoms with van der Waals surface area (Å²) >= 11 is 1.24. The van der Waals surface area contributed by atoms with Crippen LogP contribution in [0.4, 0.5) is 5.69 Å². The van der Waals surface area contributed by atoms with Gasteiger partial charge in [-0.3, -0.25) is 4.79 Å². The predicted octanol–water partition coefficient (Wildman–Crippen LogP) is 6.34. The van der Waals surface area contributed by atoms with Crippen LogP contribution in [-0.4, -0.2) is 29.9 Å². The largest absolute Gasteiger partial charge is 0.506 e. The molecule has 0 radical (unpaired) electrons. The maximum atomic E-state index is 12.4. The number of phenols is 1. The zero-order valence-corrected chi connectivity index (χ0v) is 20.3. The SMILES string of the molecule is CCCCCCCCOc1ccc(/C=C2\SC(=Nc3c(C)cccc3O)NC2=O)cc1OC. The maximum Gasteiger partial charge on any atom is 0.264 e. The third kappa shape index (κ3) is 7.02. The lowest BCUT2D eigenvalue weighted by atomic mass is 10.1. The molecule has 0 bridgehead atoms. The summed E-state index contributed by atoms with van der Waals surface area (Å²) < 4.78 is 11.4. The Labute approximate surface area is 200 Å². The number of amidine groups is 1. The molecule has 2 aromatic carbocycles. The van der Waals surface area contributed by atoms with Crippen molar-refractivity contribution in [2.45, 2.75) is 52.4 Å². The third-order valence-corrected chi connectivity index (χ3v) is 6.23. The van der Waals surface area contributed by atoms with Crippen molar-refractivity contribution in [1.82, 2.24) is 5.32 Å². The van der Waals surface area contributed by atoms with Gasteiger partial charge in [-0.25, -0.2) is 4.99 Å². The first-order chi connectivity index (χ1) is 16.0. The van der Waals surface area contributed by atoms with E-state index in [0.29, 0.717) is 33.9 Å². The monoisotopic (exact) mass is 468 g/mol. The fraction of sp³-hybridized carbons (Fsp3) is 0.385. The van der Waals surface area contributed by atoms with Crippen LogP contribution in [0.2, 0.25) is 0 Å². The molecule has 1 aliphatic heterocycles. The second kappa shape index (κ2) is 12.3. The van der Waals surface area contributed by atoms with Gasteiger partial charge in [0.25, 0.3) is 5.91 Å². The molecule has 1 aliphatic rings. The van der Waals surface area contributed by atoms with E-state index in [9.17, 15) is 9.90 Å². The van der Waals surface area contributed by atoms with Crippen molar-refractivity contribution in [1.29, 1.82) is 0 Å². The minimum Gasteiger partial charge on any atom is -0.506 e. The van der Waals surface area contributed by atoms with Crippen LogP contribution in [-0.2, 0) is 4.79 Å². The zero-order valence-electron chi connectivity index (χ0n) is 19.5. The molecule has 1 saturated heterocycles. The Kier molecular flexibility index (Phi) is 9.24. The molecule has 1 heterocycles. The lowest BCUT2D eigenvalue weighted by Gasteiger charge is -2.11. The van der Waals surface area contributed by atoms with Gasteiger partial charge in [-0.15, -0.1) is 0 Å². The summed E-state index contributed by atoms with van der Waals surface area (Å²) in [4.78, 5) is 17.4. The van der Waals surface area contributed by atoms with Crippen LogP contribution in [0.3, 0.4) is 0 Å². The predicted molar refractivity (Wildman–Crippen MR) is 136 cm³/mol. The Morgan fingerprint density at radius 3 is 2.64 bits per heavy atom. The van der Waals surface area contributed by atoms with Crippen LogP contribution in [0.15, 0.2) is 46.3 Å². The minimum atomic E-state index is -0.228. The Hall–Kier alpha value is -2.93. The summed E-state index contributed by atoms with van der Waals surface area (Å²) in [6.07, 6.45) is 9.06. The molecule has 0 unspecified atom stereocenters. The molecule has 7 heteroatoms. The molecule has 2 aromatic rings. The molecule has 0 spiro atoms. The van der Waals surface area contributed by atoms with Crippen molar-refractivity contribution in [2.75, 3.05) is 13.7 Å². The van der Waals surface area contributed by atoms with Gasteiger partial charge in [-0.2, -0.15) is 0 Å². The minimum absolute atomic E-state index is 0.0797. The number of nitrogens with one attached hydrogen (secondary N) is 1. The summed E-state index contributed by atoms with van der Waals surface area (Å²) in [5.74, 6) is 1.19. The second-order valence-corrected chi connectivity index (χ2v) is 8.98. The van der Waals surface area contributed by atoms with Crippen molar-refractivity contribution in [3.05, 3.63) is 52.4 Å². The van der Waals surface area contributed by atoms with Crippen LogP contribution in [0, 0.1) is 6.92 Å². The first kappa shape index (κ1) is 24.7. The number of aliphatic imine (C=N–C) groups is 1. The van der Waals surface area contributed by atoms with Gasteiger partial charge >= 0.3 is 0 Å². The molecule has 1 amide bonds. The van der Waals surface area contributed by atoms with Gasteiger partial charge in [0.05, 0.1) is 18.6 Å². The number of methoxy groups -OCH3 is 1. The van der Waals surface area contributed by atoms with E-state index in [2.05, 4.69) is 17.2 Å². The first-order valence-electron chi connectivity index (χ1n) is 11.4. The molecular formula is C26H32N2O4S. The van der Waals surface area contributed by atoms with Crippen molar-refractivity contribution >= 4 is 34.6 Å². The molecule has 0 aliphatic carbocycles. The summed E-state index contributed by atoms with van der Waals surface area (Å²) in [7, 11) is 1.61. The van der Waals surface area contributed by atoms with E-state index in [4.69, 9.17) is 9.47 Å². The van der Waals surface area contributed by atoms with Gasteiger partial charge in [0.2, 0.25) is 0 Å². The Morgan fingerprint density at radius 1 is 1.09 bits per heavy atom. The number of nitrogens with zero attached hydrogens (tertiary/aromatic N) is 1. The number of carbonyl (C=O) groups is 1. The van der Waals surface area contributed by atoms with E-state index in [1.807, 2.05) is 31.2 Å². The number of amides is 1. The van der Waals surface area contributed by atoms with Crippen molar-refractivity contribution in [2.24, 2.45) is 4.99 Å². The number of aryl methyl sites for hydroxylation is 1. The molecule has 3 rings (SSSR count). The van der Waals surface area contributed by atoms with Gasteiger partial charge in [-0.1, -0.05) is 57.2 Å². The Bertz CT molecular complexity index is 1010. The van der Waals surface area contributed by atoms with Crippen LogP contribution in [0.25, 0.3) is 6.08 Å². The fourth-order valence-corrected chi connectivity index (χ4v) is 4.31. The number of thioether (sulfide) groups is 1. The number of unbranched alkanes of at least 4 members (excludes halogenated alkanes) is 5. The summed E-state index contributed by atoms with van der Waals surface area (Å²) in [6.45, 7) is 4.74. The average Bonchev–Trinajstić information content (AvgIpc) is 3.15. The highest BCUT2D eigenvalue weighted by molar-refractivity contribution is 8.18. The number of rotatable bonds is 11. The van der Waals surface area contributed by atoms with Crippen LogP contribution in [0.5, 0.6) is 17.2 Å². The number of phenolic OH excluding ortho intramolecular Hbond substituents is 1. The number of hydrogen-bond acceptors (Lipinski definition) is 6. The van der Waals surface area contributed by atoms with E-state index in [1.54, 1.807) is 25.3 Å². The summed E-state index contributed by atoms with van der Waals surface area (Å²) in [5, 5.41) is 13.2. The molecule has 0 aromatic heterocycles. The summed E-state index contributed by atoms with van der Waals surface area (Å²) in [5.41, 5.74) is 2.11. The van der Waals surface area contributed by atoms with Crippen molar-refractivity contribution in [3.8, 4) is 17.2 Å². The maximum absolute atomic E-state index is 12.4. The summed E-state index contributed by atoms with van der Waals surface area (Å²) in [6, 6.07) is 10.8. The molecule has 33 heavy (non-hydrogen) atoms. The van der Waals surface area contributed by atoms with Crippen LogP contribution in [0.1, 0.15) is 56.6 Å². The van der Waals surface area contributed by atoms with Gasteiger partial charge in [0.1, 0.15) is 11.4 Å². The number of ether oxygens (including phenoxy) is 2. The zero-order chi connectivity index (χ0) is 23.6. The Balaban J connectivity index is 1.64. The molecule has 0 atom stereocenters. The number of para-hydroxylation sites is 1. The highest BCUT2D eigenvalue weighted by Crippen LogP contribution is 2.35. The number of hydrogen-bond donors (Lipinski definition) is 2. The van der Waals surface area contributed by atoms with E-state index >= 15 is 0 Å². The van der Waals surface area contributed by atoms with Gasteiger partial charge in [0, 0.05) is 0 Å². The normalized spacial score (nSPS) is 15.8. The third-order valence-electron chi connectivity index (χ3n) is 5.32. The smallest absolute Gasteiger partial charge is 0.264 e. The molecular weight excluding hydrogens is 436 g/mol. The molecule has 6 nitrogen and oxygen atoms in total.